The van der Waals surface area contributed by atoms with Crippen LogP contribution in [0, 0.1) is 5.21 Å². The summed E-state index contributed by atoms with van der Waals surface area (Å²) < 4.78 is 0. The van der Waals surface area contributed by atoms with Crippen molar-refractivity contribution < 1.29 is 4.94 Å². The van der Waals surface area contributed by atoms with Gasteiger partial charge in [0.1, 0.15) is 8.73 Å². The van der Waals surface area contributed by atoms with E-state index in [1.165, 1.54) is 6.42 Å². The molecule has 7 heavy (non-hydrogen) atoms. The van der Waals surface area contributed by atoms with Gasteiger partial charge >= 0.3 is 0 Å². The van der Waals surface area contributed by atoms with Gasteiger partial charge in [0.25, 0.3) is 0 Å². The van der Waals surface area contributed by atoms with Gasteiger partial charge in [0.15, 0.2) is 0 Å². The summed E-state index contributed by atoms with van der Waals surface area (Å²) >= 11 is 0. The molecule has 1 saturated heterocycles. The fourth-order valence-electron chi connectivity index (χ4n) is 0.555. The van der Waals surface area contributed by atoms with Crippen molar-refractivity contribution in [2.24, 2.45) is 0 Å². The highest BCUT2D eigenvalue weighted by molar-refractivity contribution is 7.30. The molecule has 3 nitrogen and oxygen atoms in total. The van der Waals surface area contributed by atoms with Gasteiger partial charge in [0, 0.05) is 12.7 Å². The molecule has 0 aromatic heterocycles. The summed E-state index contributed by atoms with van der Waals surface area (Å²) in [6.45, 7) is 0.895. The van der Waals surface area contributed by atoms with Crippen LogP contribution in [0.15, 0.2) is 0 Å². The summed E-state index contributed by atoms with van der Waals surface area (Å²) in [6.07, 6.45) is 2.27. The van der Waals surface area contributed by atoms with E-state index in [9.17, 15) is 5.21 Å². The van der Waals surface area contributed by atoms with Crippen LogP contribution in [0.2, 0.25) is 0 Å². The minimum absolute atomic E-state index is 0.242. The van der Waals surface area contributed by atoms with Crippen LogP contribution < -0.4 is 10.4 Å². The molecule has 4 heteroatoms. The molecule has 1 rings (SSSR count). The molecule has 2 N–H and O–H groups in total. The van der Waals surface area contributed by atoms with Crippen LogP contribution in [0.5, 0.6) is 0 Å². The third-order valence-corrected chi connectivity index (χ3v) is 2.03. The lowest BCUT2D eigenvalue weighted by molar-refractivity contribution is -0.762. The van der Waals surface area contributed by atoms with E-state index >= 15 is 0 Å². The van der Waals surface area contributed by atoms with Gasteiger partial charge in [-0.1, -0.05) is 0 Å². The number of hydrogen-bond donors (Lipinski definition) is 2. The smallest absolute Gasteiger partial charge is 0.108 e. The first-order chi connectivity index (χ1) is 3.39. The highest BCUT2D eigenvalue weighted by atomic mass is 31.1. The molecule has 0 amide bonds. The van der Waals surface area contributed by atoms with Crippen LogP contribution >= 0.6 is 8.73 Å². The zero-order chi connectivity index (χ0) is 5.11. The zero-order valence-electron chi connectivity index (χ0n) is 4.03. The predicted molar refractivity (Wildman–Crippen MR) is 30.1 cm³/mol. The Kier molecular flexibility index (Phi) is 2.00. The van der Waals surface area contributed by atoms with Crippen LogP contribution in [0.3, 0.4) is 0 Å². The molecule has 1 aliphatic heterocycles. The topological polar surface area (TPSA) is 39.5 Å². The molecule has 1 aliphatic rings. The molecule has 0 aliphatic carbocycles. The number of hydrogen-bond acceptors (Lipinski definition) is 2. The fourth-order valence-corrected chi connectivity index (χ4v) is 1.39. The maximum absolute atomic E-state index is 10.4. The van der Waals surface area contributed by atoms with Crippen LogP contribution in [0.1, 0.15) is 6.42 Å². The van der Waals surface area contributed by atoms with E-state index in [0.717, 1.165) is 12.7 Å². The van der Waals surface area contributed by atoms with Crippen molar-refractivity contribution in [1.82, 2.24) is 5.43 Å². The van der Waals surface area contributed by atoms with Gasteiger partial charge in [-0.3, -0.25) is 4.94 Å². The molecule has 2 atom stereocenters. The van der Waals surface area contributed by atoms with E-state index in [0.29, 0.717) is 8.73 Å². The third kappa shape index (κ3) is 1.70. The van der Waals surface area contributed by atoms with Gasteiger partial charge in [0.2, 0.25) is 0 Å². The number of rotatable bonds is 0. The molecule has 1 heterocycles. The summed E-state index contributed by atoms with van der Waals surface area (Å²) in [7, 11) is 0.525. The quantitative estimate of drug-likeness (QED) is 0.313. The molecule has 0 aromatic rings. The van der Waals surface area contributed by atoms with E-state index in [4.69, 9.17) is 0 Å². The highest BCUT2D eigenvalue weighted by Crippen LogP contribution is 1.99. The number of nitrogens with one attached hydrogen (secondary N) is 2. The van der Waals surface area contributed by atoms with Crippen molar-refractivity contribution in [1.29, 1.82) is 0 Å². The highest BCUT2D eigenvalue weighted by Gasteiger charge is 2.02. The van der Waals surface area contributed by atoms with E-state index in [2.05, 4.69) is 5.43 Å². The van der Waals surface area contributed by atoms with Crippen molar-refractivity contribution in [3.8, 4) is 0 Å². The Bertz CT molecular complexity index is 54.9. The molecular weight excluding hydrogens is 111 g/mol. The molecule has 0 saturated carbocycles. The second-order valence-corrected chi connectivity index (χ2v) is 2.84. The lowest BCUT2D eigenvalue weighted by atomic mass is 10.5. The average Bonchev–Trinajstić information content (AvgIpc) is 1.69. The molecular formula is C3H9N2OP. The SMILES string of the molecule is [O-][NH+]1NCCCP1. The summed E-state index contributed by atoms with van der Waals surface area (Å²) in [6, 6.07) is 0. The first-order valence-corrected chi connectivity index (χ1v) is 3.62. The standard InChI is InChI=1S/C3H9N2OP/c6-5-4-2-1-3-7-5/h4-5,7H,1-3H2. The lowest BCUT2D eigenvalue weighted by Gasteiger charge is -2.25. The Morgan fingerprint density at radius 1 is 1.71 bits per heavy atom. The molecule has 0 aromatic carbocycles. The fraction of sp³-hybridized carbons (Fsp3) is 1.00. The van der Waals surface area contributed by atoms with Crippen molar-refractivity contribution in [3.63, 3.8) is 0 Å². The summed E-state index contributed by atoms with van der Waals surface area (Å²) in [5.41, 5.74) is 2.76. The van der Waals surface area contributed by atoms with Crippen LogP contribution in [0.4, 0.5) is 0 Å². The van der Waals surface area contributed by atoms with Gasteiger partial charge in [-0.25, -0.2) is 0 Å². The maximum Gasteiger partial charge on any atom is 0.108 e. The van der Waals surface area contributed by atoms with E-state index in [1.807, 2.05) is 0 Å². The lowest BCUT2D eigenvalue weighted by Crippen LogP contribution is -3.07. The predicted octanol–water partition coefficient (Wildman–Crippen LogP) is -1.13. The van der Waals surface area contributed by atoms with Gasteiger partial charge < -0.3 is 5.21 Å². The van der Waals surface area contributed by atoms with Crippen molar-refractivity contribution >= 4 is 8.73 Å². The maximum atomic E-state index is 10.4. The van der Waals surface area contributed by atoms with E-state index < -0.39 is 0 Å². The monoisotopic (exact) mass is 120 g/mol. The van der Waals surface area contributed by atoms with Crippen molar-refractivity contribution in [2.45, 2.75) is 6.42 Å². The first-order valence-electron chi connectivity index (χ1n) is 2.41. The van der Waals surface area contributed by atoms with Crippen molar-refractivity contribution in [3.05, 3.63) is 5.21 Å². The van der Waals surface area contributed by atoms with Gasteiger partial charge in [-0.2, -0.15) is 5.43 Å². The molecule has 2 unspecified atom stereocenters. The molecule has 0 spiro atoms. The first kappa shape index (κ1) is 5.45. The Hall–Kier alpha value is 0.310. The van der Waals surface area contributed by atoms with Crippen LogP contribution in [-0.4, -0.2) is 12.7 Å². The Balaban J connectivity index is 2.12. The average molecular weight is 120 g/mol. The normalized spacial score (nSPS) is 36.4. The van der Waals surface area contributed by atoms with Crippen LogP contribution in [-0.2, 0) is 0 Å². The Labute approximate surface area is 44.5 Å². The summed E-state index contributed by atoms with van der Waals surface area (Å²) in [5, 5.41) is 10.4. The third-order valence-electron chi connectivity index (χ3n) is 0.925. The van der Waals surface area contributed by atoms with E-state index in [1.54, 1.807) is 0 Å². The van der Waals surface area contributed by atoms with Crippen LogP contribution in [0.25, 0.3) is 0 Å². The minimum atomic E-state index is 0.242. The van der Waals surface area contributed by atoms with Crippen molar-refractivity contribution in [2.75, 3.05) is 12.7 Å². The van der Waals surface area contributed by atoms with Gasteiger partial charge in [-0.15, -0.1) is 0 Å². The van der Waals surface area contributed by atoms with Gasteiger partial charge in [0.05, 0.1) is 0 Å². The summed E-state index contributed by atoms with van der Waals surface area (Å²) in [5.74, 6) is 0. The number of quaternary nitrogens is 1. The molecule has 1 fully saturated rings. The largest absolute Gasteiger partial charge is 0.612 e. The molecule has 0 radical (unpaired) electrons. The van der Waals surface area contributed by atoms with E-state index in [-0.39, 0.29) is 4.94 Å². The minimum Gasteiger partial charge on any atom is -0.612 e. The zero-order valence-corrected chi connectivity index (χ0v) is 5.03. The Morgan fingerprint density at radius 3 is 2.86 bits per heavy atom. The molecule has 42 valence electrons. The second kappa shape index (κ2) is 2.58. The van der Waals surface area contributed by atoms with Gasteiger partial charge in [-0.05, 0) is 6.42 Å². The Morgan fingerprint density at radius 2 is 2.57 bits per heavy atom. The second-order valence-electron chi connectivity index (χ2n) is 1.54. The summed E-state index contributed by atoms with van der Waals surface area (Å²) in [4.78, 5) is 0.242. The molecule has 0 bridgehead atoms.